The molecule has 1 saturated carbocycles. The highest BCUT2D eigenvalue weighted by Crippen LogP contribution is 2.38. The van der Waals surface area contributed by atoms with Gasteiger partial charge in [0, 0.05) is 6.20 Å². The Hall–Kier alpha value is -1.66. The zero-order valence-corrected chi connectivity index (χ0v) is 12.0. The number of nitrogens with zero attached hydrogens (tertiary/aromatic N) is 3. The van der Waals surface area contributed by atoms with Crippen molar-refractivity contribution in [2.24, 2.45) is 5.73 Å². The summed E-state index contributed by atoms with van der Waals surface area (Å²) in [5.41, 5.74) is 6.31. The van der Waals surface area contributed by atoms with E-state index in [1.54, 1.807) is 6.20 Å². The average Bonchev–Trinajstić information content (AvgIpc) is 2.87. The maximum atomic E-state index is 6.18. The zero-order valence-electron chi connectivity index (χ0n) is 11.2. The number of nitrogens with two attached hydrogens (primary N) is 1. The summed E-state index contributed by atoms with van der Waals surface area (Å²) in [6.07, 6.45) is 4.57. The lowest BCUT2D eigenvalue weighted by Crippen LogP contribution is -2.44. The van der Waals surface area contributed by atoms with E-state index < -0.39 is 5.54 Å². The van der Waals surface area contributed by atoms with Crippen LogP contribution in [0.5, 0.6) is 5.75 Å². The van der Waals surface area contributed by atoms with Crippen LogP contribution in [0.25, 0.3) is 11.6 Å². The maximum absolute atomic E-state index is 6.18. The Morgan fingerprint density at radius 2 is 2.25 bits per heavy atom. The predicted octanol–water partition coefficient (Wildman–Crippen LogP) is 2.29. The molecule has 2 N–H and O–H groups in total. The van der Waals surface area contributed by atoms with E-state index in [0.717, 1.165) is 19.3 Å². The molecule has 1 fully saturated rings. The van der Waals surface area contributed by atoms with Gasteiger partial charge in [0.25, 0.3) is 5.89 Å². The highest BCUT2D eigenvalue weighted by Gasteiger charge is 2.39. The lowest BCUT2D eigenvalue weighted by molar-refractivity contribution is 0.229. The number of hydrogen-bond acceptors (Lipinski definition) is 6. The molecule has 1 aliphatic carbocycles. The van der Waals surface area contributed by atoms with Crippen molar-refractivity contribution in [1.82, 2.24) is 15.1 Å². The van der Waals surface area contributed by atoms with Crippen LogP contribution in [-0.2, 0) is 5.54 Å². The Bertz CT molecular complexity index is 583. The van der Waals surface area contributed by atoms with Crippen LogP contribution in [0, 0.1) is 0 Å². The molecule has 0 amide bonds. The molecule has 7 heteroatoms. The Morgan fingerprint density at radius 3 is 2.90 bits per heavy atom. The van der Waals surface area contributed by atoms with Crippen LogP contribution in [0.1, 0.15) is 32.0 Å². The van der Waals surface area contributed by atoms with Crippen LogP contribution in [0.15, 0.2) is 22.9 Å². The van der Waals surface area contributed by atoms with E-state index in [1.165, 1.54) is 0 Å². The fraction of sp³-hybridized carbons (Fsp3) is 0.462. The molecule has 1 aliphatic rings. The monoisotopic (exact) mass is 296 g/mol. The molecule has 0 atom stereocenters. The first-order chi connectivity index (χ1) is 9.23. The highest BCUT2D eigenvalue weighted by molar-refractivity contribution is 5.85. The molecule has 0 saturated heterocycles. The van der Waals surface area contributed by atoms with Crippen LogP contribution < -0.4 is 10.5 Å². The summed E-state index contributed by atoms with van der Waals surface area (Å²) in [6, 6.07) is 3.64. The Labute approximate surface area is 123 Å². The molecule has 2 aromatic heterocycles. The lowest BCUT2D eigenvalue weighted by Gasteiger charge is -2.34. The summed E-state index contributed by atoms with van der Waals surface area (Å²) >= 11 is 0. The molecule has 2 aromatic rings. The fourth-order valence-electron chi connectivity index (χ4n) is 2.13. The largest absolute Gasteiger partial charge is 0.491 e. The number of hydrogen-bond donors (Lipinski definition) is 1. The third kappa shape index (κ3) is 2.48. The molecule has 2 heterocycles. The molecule has 0 aliphatic heterocycles. The summed E-state index contributed by atoms with van der Waals surface area (Å²) in [7, 11) is 0. The molecule has 6 nitrogen and oxygen atoms in total. The minimum absolute atomic E-state index is 0. The number of rotatable bonds is 4. The van der Waals surface area contributed by atoms with Crippen molar-refractivity contribution in [2.45, 2.75) is 31.7 Å². The molecule has 3 rings (SSSR count). The van der Waals surface area contributed by atoms with Crippen molar-refractivity contribution < 1.29 is 9.26 Å². The van der Waals surface area contributed by atoms with Crippen molar-refractivity contribution in [3.63, 3.8) is 0 Å². The first kappa shape index (κ1) is 14.7. The van der Waals surface area contributed by atoms with Gasteiger partial charge < -0.3 is 15.0 Å². The summed E-state index contributed by atoms with van der Waals surface area (Å²) in [4.78, 5) is 8.62. The second-order valence-electron chi connectivity index (χ2n) is 4.72. The van der Waals surface area contributed by atoms with Crippen LogP contribution in [0.3, 0.4) is 0 Å². The number of ether oxygens (including phenoxy) is 1. The highest BCUT2D eigenvalue weighted by atomic mass is 35.5. The molecule has 108 valence electrons. The summed E-state index contributed by atoms with van der Waals surface area (Å²) in [5, 5.41) is 3.98. The van der Waals surface area contributed by atoms with E-state index in [9.17, 15) is 0 Å². The van der Waals surface area contributed by atoms with Gasteiger partial charge in [-0.15, -0.1) is 12.4 Å². The Balaban J connectivity index is 0.00000147. The standard InChI is InChI=1S/C13H16N4O2.ClH/c1-2-18-9-5-3-8-15-10(9)11-16-12(17-19-11)13(14)6-4-7-13;/h3,5,8H,2,4,6-7,14H2,1H3;1H. The lowest BCUT2D eigenvalue weighted by atomic mass is 9.77. The van der Waals surface area contributed by atoms with Crippen molar-refractivity contribution in [1.29, 1.82) is 0 Å². The van der Waals surface area contributed by atoms with Crippen LogP contribution >= 0.6 is 12.4 Å². The Morgan fingerprint density at radius 1 is 1.45 bits per heavy atom. The van der Waals surface area contributed by atoms with Crippen LogP contribution in [0.2, 0.25) is 0 Å². The predicted molar refractivity (Wildman–Crippen MR) is 75.7 cm³/mol. The van der Waals surface area contributed by atoms with Gasteiger partial charge in [-0.1, -0.05) is 5.16 Å². The molecule has 0 spiro atoms. The van der Waals surface area contributed by atoms with Crippen molar-refractivity contribution in [2.75, 3.05) is 6.61 Å². The molecule has 0 bridgehead atoms. The van der Waals surface area contributed by atoms with Gasteiger partial charge in [-0.05, 0) is 38.3 Å². The minimum Gasteiger partial charge on any atom is -0.491 e. The molecule has 0 aromatic carbocycles. The summed E-state index contributed by atoms with van der Waals surface area (Å²) in [6.45, 7) is 2.47. The minimum atomic E-state index is -0.428. The van der Waals surface area contributed by atoms with Gasteiger partial charge >= 0.3 is 0 Å². The first-order valence-corrected chi connectivity index (χ1v) is 6.44. The van der Waals surface area contributed by atoms with E-state index in [2.05, 4.69) is 15.1 Å². The van der Waals surface area contributed by atoms with Gasteiger partial charge in [0.05, 0.1) is 12.1 Å². The van der Waals surface area contributed by atoms with Crippen molar-refractivity contribution >= 4 is 12.4 Å². The van der Waals surface area contributed by atoms with Crippen LogP contribution in [-0.4, -0.2) is 21.7 Å². The van der Waals surface area contributed by atoms with Gasteiger partial charge in [-0.3, -0.25) is 0 Å². The molecular formula is C13H17ClN4O2. The smallest absolute Gasteiger partial charge is 0.280 e. The Kier molecular flexibility index (Phi) is 4.25. The fourth-order valence-corrected chi connectivity index (χ4v) is 2.13. The van der Waals surface area contributed by atoms with E-state index in [-0.39, 0.29) is 12.4 Å². The first-order valence-electron chi connectivity index (χ1n) is 6.44. The van der Waals surface area contributed by atoms with Gasteiger partial charge in [0.1, 0.15) is 0 Å². The number of pyridine rings is 1. The van der Waals surface area contributed by atoms with Gasteiger partial charge in [-0.2, -0.15) is 4.98 Å². The summed E-state index contributed by atoms with van der Waals surface area (Å²) < 4.78 is 10.8. The second kappa shape index (κ2) is 5.76. The maximum Gasteiger partial charge on any atom is 0.280 e. The van der Waals surface area contributed by atoms with E-state index >= 15 is 0 Å². The molecule has 0 radical (unpaired) electrons. The average molecular weight is 297 g/mol. The second-order valence-corrected chi connectivity index (χ2v) is 4.72. The molecule has 0 unspecified atom stereocenters. The summed E-state index contributed by atoms with van der Waals surface area (Å²) in [5.74, 6) is 1.55. The molecular weight excluding hydrogens is 280 g/mol. The third-order valence-corrected chi connectivity index (χ3v) is 3.39. The topological polar surface area (TPSA) is 87.1 Å². The molecule has 20 heavy (non-hydrogen) atoms. The number of halogens is 1. The van der Waals surface area contributed by atoms with Gasteiger partial charge in [0.2, 0.25) is 0 Å². The van der Waals surface area contributed by atoms with E-state index in [1.807, 2.05) is 19.1 Å². The SMILES string of the molecule is CCOc1cccnc1-c1nc(C2(N)CCC2)no1.Cl. The zero-order chi connectivity index (χ0) is 13.3. The van der Waals surface area contributed by atoms with E-state index in [4.69, 9.17) is 15.0 Å². The van der Waals surface area contributed by atoms with Crippen molar-refractivity contribution in [3.05, 3.63) is 24.2 Å². The van der Waals surface area contributed by atoms with Gasteiger partial charge in [0.15, 0.2) is 17.3 Å². The van der Waals surface area contributed by atoms with Crippen LogP contribution in [0.4, 0.5) is 0 Å². The van der Waals surface area contributed by atoms with Gasteiger partial charge in [-0.25, -0.2) is 4.98 Å². The number of aromatic nitrogens is 3. The third-order valence-electron chi connectivity index (χ3n) is 3.39. The normalized spacial score (nSPS) is 16.1. The van der Waals surface area contributed by atoms with Crippen molar-refractivity contribution in [3.8, 4) is 17.3 Å². The quantitative estimate of drug-likeness (QED) is 0.931. The van der Waals surface area contributed by atoms with E-state index in [0.29, 0.717) is 29.8 Å².